The second-order valence-corrected chi connectivity index (χ2v) is 5.40. The van der Waals surface area contributed by atoms with Gasteiger partial charge in [0.2, 0.25) is 0 Å². The van der Waals surface area contributed by atoms with Crippen molar-refractivity contribution in [2.45, 2.75) is 29.2 Å². The standard InChI is InChI=1S/C12H14F3NS.ClH/c13-12(14,15)10-3-1-2-4-11(10)17-9-5-7-16-8-6-9;/h1-4,9,16H,5-8H2;1H. The maximum atomic E-state index is 12.8. The molecule has 0 atom stereocenters. The molecular weight excluding hydrogens is 283 g/mol. The Kier molecular flexibility index (Phi) is 5.82. The number of halogens is 4. The summed E-state index contributed by atoms with van der Waals surface area (Å²) in [7, 11) is 0. The molecule has 0 saturated carbocycles. The van der Waals surface area contributed by atoms with Crippen LogP contribution in [0.3, 0.4) is 0 Å². The van der Waals surface area contributed by atoms with E-state index in [0.717, 1.165) is 32.0 Å². The Balaban J connectivity index is 0.00000162. The van der Waals surface area contributed by atoms with Gasteiger partial charge in [-0.05, 0) is 38.1 Å². The first-order valence-electron chi connectivity index (χ1n) is 5.61. The SMILES string of the molecule is Cl.FC(F)(F)c1ccccc1SC1CCNCC1. The number of hydrogen-bond acceptors (Lipinski definition) is 2. The van der Waals surface area contributed by atoms with Crippen LogP contribution in [0.1, 0.15) is 18.4 Å². The number of benzene rings is 1. The van der Waals surface area contributed by atoms with Crippen LogP contribution in [0, 0.1) is 0 Å². The smallest absolute Gasteiger partial charge is 0.317 e. The van der Waals surface area contributed by atoms with Crippen LogP contribution in [0.25, 0.3) is 0 Å². The fourth-order valence-electron chi connectivity index (χ4n) is 1.90. The van der Waals surface area contributed by atoms with Crippen molar-refractivity contribution in [1.82, 2.24) is 5.32 Å². The highest BCUT2D eigenvalue weighted by molar-refractivity contribution is 8.00. The maximum Gasteiger partial charge on any atom is 0.417 e. The summed E-state index contributed by atoms with van der Waals surface area (Å²) in [4.78, 5) is 0.354. The quantitative estimate of drug-likeness (QED) is 0.886. The lowest BCUT2D eigenvalue weighted by Gasteiger charge is -2.23. The predicted molar refractivity (Wildman–Crippen MR) is 70.4 cm³/mol. The molecule has 6 heteroatoms. The Morgan fingerprint density at radius 1 is 1.11 bits per heavy atom. The van der Waals surface area contributed by atoms with Gasteiger partial charge in [-0.25, -0.2) is 0 Å². The summed E-state index contributed by atoms with van der Waals surface area (Å²) in [5, 5.41) is 3.50. The molecule has 102 valence electrons. The topological polar surface area (TPSA) is 12.0 Å². The van der Waals surface area contributed by atoms with Gasteiger partial charge in [0.1, 0.15) is 0 Å². The predicted octanol–water partition coefficient (Wildman–Crippen LogP) is 3.97. The van der Waals surface area contributed by atoms with Gasteiger partial charge in [-0.15, -0.1) is 24.2 Å². The third-order valence-electron chi connectivity index (χ3n) is 2.77. The van der Waals surface area contributed by atoms with Gasteiger partial charge in [0.05, 0.1) is 5.56 Å². The molecule has 0 aliphatic carbocycles. The molecule has 1 aromatic carbocycles. The second-order valence-electron chi connectivity index (χ2n) is 4.06. The zero-order chi connectivity index (χ0) is 12.3. The molecule has 1 aliphatic rings. The third-order valence-corrected chi connectivity index (χ3v) is 4.19. The Labute approximate surface area is 115 Å². The van der Waals surface area contributed by atoms with E-state index in [1.165, 1.54) is 17.8 Å². The number of nitrogens with one attached hydrogen (secondary N) is 1. The number of hydrogen-bond donors (Lipinski definition) is 1. The molecule has 1 nitrogen and oxygen atoms in total. The molecule has 1 heterocycles. The molecule has 0 bridgehead atoms. The first kappa shape index (κ1) is 15.7. The minimum Gasteiger partial charge on any atom is -0.317 e. The van der Waals surface area contributed by atoms with E-state index >= 15 is 0 Å². The number of piperidine rings is 1. The number of rotatable bonds is 2. The Hall–Kier alpha value is -0.390. The van der Waals surface area contributed by atoms with Gasteiger partial charge in [0, 0.05) is 10.1 Å². The Morgan fingerprint density at radius 3 is 2.33 bits per heavy atom. The van der Waals surface area contributed by atoms with Gasteiger partial charge in [0.15, 0.2) is 0 Å². The van der Waals surface area contributed by atoms with E-state index in [-0.39, 0.29) is 12.4 Å². The van der Waals surface area contributed by atoms with Crippen molar-refractivity contribution < 1.29 is 13.2 Å². The van der Waals surface area contributed by atoms with Gasteiger partial charge < -0.3 is 5.32 Å². The van der Waals surface area contributed by atoms with Gasteiger partial charge >= 0.3 is 6.18 Å². The van der Waals surface area contributed by atoms with E-state index in [2.05, 4.69) is 5.32 Å². The Morgan fingerprint density at radius 2 is 1.72 bits per heavy atom. The average molecular weight is 298 g/mol. The van der Waals surface area contributed by atoms with Crippen molar-refractivity contribution in [2.24, 2.45) is 0 Å². The van der Waals surface area contributed by atoms with Crippen molar-refractivity contribution in [3.63, 3.8) is 0 Å². The van der Waals surface area contributed by atoms with E-state index in [0.29, 0.717) is 10.1 Å². The monoisotopic (exact) mass is 297 g/mol. The molecule has 0 spiro atoms. The van der Waals surface area contributed by atoms with E-state index in [9.17, 15) is 13.2 Å². The van der Waals surface area contributed by atoms with Gasteiger partial charge in [0.25, 0.3) is 0 Å². The average Bonchev–Trinajstić information content (AvgIpc) is 2.30. The van der Waals surface area contributed by atoms with E-state index in [1.807, 2.05) is 0 Å². The summed E-state index contributed by atoms with van der Waals surface area (Å²) in [6, 6.07) is 5.83. The van der Waals surface area contributed by atoms with Crippen LogP contribution >= 0.6 is 24.2 Å². The van der Waals surface area contributed by atoms with Crippen LogP contribution in [-0.2, 0) is 6.18 Å². The summed E-state index contributed by atoms with van der Waals surface area (Å²) >= 11 is 1.36. The maximum absolute atomic E-state index is 12.8. The normalized spacial score (nSPS) is 17.3. The lowest BCUT2D eigenvalue weighted by molar-refractivity contribution is -0.139. The molecular formula is C12H15ClF3NS. The summed E-state index contributed by atoms with van der Waals surface area (Å²) < 4.78 is 38.3. The molecule has 1 N–H and O–H groups in total. The molecule has 0 aromatic heterocycles. The summed E-state index contributed by atoms with van der Waals surface area (Å²) in [5.74, 6) is 0. The lowest BCUT2D eigenvalue weighted by atomic mass is 10.2. The lowest BCUT2D eigenvalue weighted by Crippen LogP contribution is -2.29. The highest BCUT2D eigenvalue weighted by atomic mass is 35.5. The summed E-state index contributed by atoms with van der Waals surface area (Å²) in [6.07, 6.45) is -2.40. The molecule has 18 heavy (non-hydrogen) atoms. The van der Waals surface area contributed by atoms with Crippen molar-refractivity contribution in [1.29, 1.82) is 0 Å². The zero-order valence-electron chi connectivity index (χ0n) is 9.67. The minimum absolute atomic E-state index is 0. The highest BCUT2D eigenvalue weighted by Gasteiger charge is 2.33. The molecule has 0 amide bonds. The molecule has 1 aromatic rings. The van der Waals surface area contributed by atoms with Crippen molar-refractivity contribution in [3.05, 3.63) is 29.8 Å². The van der Waals surface area contributed by atoms with Crippen LogP contribution in [0.15, 0.2) is 29.2 Å². The molecule has 2 rings (SSSR count). The van der Waals surface area contributed by atoms with Gasteiger partial charge in [-0.2, -0.15) is 13.2 Å². The minimum atomic E-state index is -4.25. The van der Waals surface area contributed by atoms with Crippen LogP contribution in [0.2, 0.25) is 0 Å². The van der Waals surface area contributed by atoms with E-state index in [1.54, 1.807) is 12.1 Å². The van der Waals surface area contributed by atoms with Crippen LogP contribution in [-0.4, -0.2) is 18.3 Å². The molecule has 0 unspecified atom stereocenters. The highest BCUT2D eigenvalue weighted by Crippen LogP contribution is 2.39. The largest absolute Gasteiger partial charge is 0.417 e. The zero-order valence-corrected chi connectivity index (χ0v) is 11.3. The molecule has 1 aliphatic heterocycles. The number of alkyl halides is 3. The summed E-state index contributed by atoms with van der Waals surface area (Å²) in [5.41, 5.74) is -0.511. The van der Waals surface area contributed by atoms with E-state index in [4.69, 9.17) is 0 Å². The van der Waals surface area contributed by atoms with Gasteiger partial charge in [-0.3, -0.25) is 0 Å². The second kappa shape index (κ2) is 6.68. The van der Waals surface area contributed by atoms with E-state index < -0.39 is 11.7 Å². The first-order chi connectivity index (χ1) is 8.07. The van der Waals surface area contributed by atoms with Crippen molar-refractivity contribution >= 4 is 24.2 Å². The Bertz CT molecular complexity index is 378. The summed E-state index contributed by atoms with van der Waals surface area (Å²) in [6.45, 7) is 1.79. The third kappa shape index (κ3) is 4.07. The molecule has 1 saturated heterocycles. The van der Waals surface area contributed by atoms with Crippen molar-refractivity contribution in [3.8, 4) is 0 Å². The molecule has 0 radical (unpaired) electrons. The fraction of sp³-hybridized carbons (Fsp3) is 0.500. The number of thioether (sulfide) groups is 1. The van der Waals surface area contributed by atoms with Crippen molar-refractivity contribution in [2.75, 3.05) is 13.1 Å². The first-order valence-corrected chi connectivity index (χ1v) is 6.49. The van der Waals surface area contributed by atoms with Crippen LogP contribution < -0.4 is 5.32 Å². The fourth-order valence-corrected chi connectivity index (χ4v) is 3.19. The molecule has 1 fully saturated rings. The van der Waals surface area contributed by atoms with Gasteiger partial charge in [-0.1, -0.05) is 12.1 Å². The van der Waals surface area contributed by atoms with Crippen LogP contribution in [0.5, 0.6) is 0 Å². The van der Waals surface area contributed by atoms with Crippen LogP contribution in [0.4, 0.5) is 13.2 Å².